The Labute approximate surface area is 96.8 Å². The molecule has 0 aliphatic heterocycles. The normalized spacial score (nSPS) is 12.5. The highest BCUT2D eigenvalue weighted by Crippen LogP contribution is 2.23. The van der Waals surface area contributed by atoms with Gasteiger partial charge in [-0.25, -0.2) is 4.39 Å². The summed E-state index contributed by atoms with van der Waals surface area (Å²) in [6.07, 6.45) is 2.03. The second-order valence-electron chi connectivity index (χ2n) is 3.81. The van der Waals surface area contributed by atoms with Crippen LogP contribution in [0.1, 0.15) is 38.3 Å². The lowest BCUT2D eigenvalue weighted by molar-refractivity contribution is 0.385. The molecule has 1 aromatic rings. The average Bonchev–Trinajstić information content (AvgIpc) is 2.30. The first kappa shape index (κ1) is 13.0. The van der Waals surface area contributed by atoms with E-state index in [2.05, 4.69) is 19.2 Å². The highest BCUT2D eigenvalue weighted by atomic mass is 19.1. The topological polar surface area (TPSA) is 21.3 Å². The van der Waals surface area contributed by atoms with E-state index in [-0.39, 0.29) is 11.9 Å². The fourth-order valence-corrected chi connectivity index (χ4v) is 1.72. The maximum Gasteiger partial charge on any atom is 0.165 e. The van der Waals surface area contributed by atoms with Crippen LogP contribution >= 0.6 is 0 Å². The molecule has 0 aliphatic rings. The Morgan fingerprint density at radius 3 is 2.62 bits per heavy atom. The van der Waals surface area contributed by atoms with Gasteiger partial charge in [-0.05, 0) is 37.1 Å². The van der Waals surface area contributed by atoms with Crippen molar-refractivity contribution in [1.82, 2.24) is 5.32 Å². The van der Waals surface area contributed by atoms with E-state index in [1.807, 2.05) is 6.07 Å². The molecule has 16 heavy (non-hydrogen) atoms. The zero-order chi connectivity index (χ0) is 12.0. The van der Waals surface area contributed by atoms with Gasteiger partial charge in [-0.1, -0.05) is 19.9 Å². The van der Waals surface area contributed by atoms with E-state index in [1.54, 1.807) is 12.1 Å². The Bertz CT molecular complexity index is 328. The predicted octanol–water partition coefficient (Wildman–Crippen LogP) is 3.29. The van der Waals surface area contributed by atoms with Crippen molar-refractivity contribution in [2.24, 2.45) is 0 Å². The second-order valence-corrected chi connectivity index (χ2v) is 3.81. The lowest BCUT2D eigenvalue weighted by atomic mass is 10.0. The van der Waals surface area contributed by atoms with Crippen LogP contribution in [0.25, 0.3) is 0 Å². The van der Waals surface area contributed by atoms with Crippen LogP contribution in [0.5, 0.6) is 5.75 Å². The molecule has 1 unspecified atom stereocenters. The molecular formula is C13H20FNO. The van der Waals surface area contributed by atoms with Crippen LogP contribution < -0.4 is 10.1 Å². The molecule has 0 radical (unpaired) electrons. The molecule has 3 heteroatoms. The number of hydrogen-bond acceptors (Lipinski definition) is 2. The zero-order valence-corrected chi connectivity index (χ0v) is 10.2. The van der Waals surface area contributed by atoms with E-state index in [9.17, 15) is 4.39 Å². The van der Waals surface area contributed by atoms with Gasteiger partial charge in [0.05, 0.1) is 7.11 Å². The van der Waals surface area contributed by atoms with Crippen molar-refractivity contribution in [3.8, 4) is 5.75 Å². The van der Waals surface area contributed by atoms with E-state index in [4.69, 9.17) is 4.74 Å². The number of nitrogens with one attached hydrogen (secondary N) is 1. The first-order chi connectivity index (χ1) is 7.72. The van der Waals surface area contributed by atoms with Gasteiger partial charge in [0.1, 0.15) is 0 Å². The molecular weight excluding hydrogens is 205 g/mol. The van der Waals surface area contributed by atoms with E-state index < -0.39 is 0 Å². The van der Waals surface area contributed by atoms with Crippen molar-refractivity contribution in [1.29, 1.82) is 0 Å². The van der Waals surface area contributed by atoms with Crippen LogP contribution in [0.3, 0.4) is 0 Å². The number of benzene rings is 1. The molecule has 0 bridgehead atoms. The maximum atomic E-state index is 13.5. The van der Waals surface area contributed by atoms with Gasteiger partial charge in [-0.2, -0.15) is 0 Å². The van der Waals surface area contributed by atoms with Gasteiger partial charge in [-0.15, -0.1) is 0 Å². The van der Waals surface area contributed by atoms with Gasteiger partial charge in [0.2, 0.25) is 0 Å². The van der Waals surface area contributed by atoms with Gasteiger partial charge < -0.3 is 10.1 Å². The molecule has 90 valence electrons. The number of methoxy groups -OCH3 is 1. The van der Waals surface area contributed by atoms with Crippen LogP contribution in [0.4, 0.5) is 4.39 Å². The first-order valence-corrected chi connectivity index (χ1v) is 5.79. The average molecular weight is 225 g/mol. The van der Waals surface area contributed by atoms with Crippen molar-refractivity contribution in [3.63, 3.8) is 0 Å². The summed E-state index contributed by atoms with van der Waals surface area (Å²) in [6.45, 7) is 5.16. The van der Waals surface area contributed by atoms with Gasteiger partial charge in [0.25, 0.3) is 0 Å². The highest BCUT2D eigenvalue weighted by Gasteiger charge is 2.11. The number of rotatable bonds is 6. The Morgan fingerprint density at radius 1 is 1.38 bits per heavy atom. The third-order valence-electron chi connectivity index (χ3n) is 2.63. The molecule has 0 fully saturated rings. The molecule has 1 atom stereocenters. The summed E-state index contributed by atoms with van der Waals surface area (Å²) in [6, 6.07) is 5.37. The van der Waals surface area contributed by atoms with Crippen molar-refractivity contribution in [3.05, 3.63) is 29.6 Å². The number of halogens is 1. The molecule has 0 saturated heterocycles. The molecule has 0 aromatic heterocycles. The Hall–Kier alpha value is -1.09. The van der Waals surface area contributed by atoms with E-state index in [0.29, 0.717) is 5.75 Å². The van der Waals surface area contributed by atoms with Crippen molar-refractivity contribution in [2.45, 2.75) is 32.7 Å². The van der Waals surface area contributed by atoms with E-state index >= 15 is 0 Å². The summed E-state index contributed by atoms with van der Waals surface area (Å²) in [4.78, 5) is 0. The fraction of sp³-hybridized carbons (Fsp3) is 0.538. The summed E-state index contributed by atoms with van der Waals surface area (Å²) in [7, 11) is 1.48. The third-order valence-corrected chi connectivity index (χ3v) is 2.63. The summed E-state index contributed by atoms with van der Waals surface area (Å²) < 4.78 is 18.4. The van der Waals surface area contributed by atoms with Gasteiger partial charge in [-0.3, -0.25) is 0 Å². The third kappa shape index (κ3) is 3.20. The smallest absolute Gasteiger partial charge is 0.165 e. The van der Waals surface area contributed by atoms with E-state index in [1.165, 1.54) is 7.11 Å². The van der Waals surface area contributed by atoms with Crippen LogP contribution in [0, 0.1) is 5.82 Å². The molecule has 0 spiro atoms. The Kier molecular flexibility index (Phi) is 5.26. The summed E-state index contributed by atoms with van der Waals surface area (Å²) in [5, 5.41) is 3.39. The minimum atomic E-state index is -0.295. The van der Waals surface area contributed by atoms with E-state index in [0.717, 1.165) is 24.9 Å². The largest absolute Gasteiger partial charge is 0.494 e. The van der Waals surface area contributed by atoms with Crippen LogP contribution in [-0.4, -0.2) is 13.7 Å². The summed E-state index contributed by atoms with van der Waals surface area (Å²) >= 11 is 0. The monoisotopic (exact) mass is 225 g/mol. The quantitative estimate of drug-likeness (QED) is 0.802. The Morgan fingerprint density at radius 2 is 2.12 bits per heavy atom. The molecule has 1 rings (SSSR count). The molecule has 1 aromatic carbocycles. The maximum absolute atomic E-state index is 13.5. The number of ether oxygens (including phenoxy) is 1. The van der Waals surface area contributed by atoms with Crippen molar-refractivity contribution in [2.75, 3.05) is 13.7 Å². The molecule has 0 saturated carbocycles. The van der Waals surface area contributed by atoms with Crippen LogP contribution in [-0.2, 0) is 0 Å². The zero-order valence-electron chi connectivity index (χ0n) is 10.2. The minimum Gasteiger partial charge on any atom is -0.494 e. The number of hydrogen-bond donors (Lipinski definition) is 1. The summed E-state index contributed by atoms with van der Waals surface area (Å²) in [5.41, 5.74) is 0.981. The SMILES string of the molecule is CCCNC(CC)c1ccc(OC)c(F)c1. The molecule has 1 N–H and O–H groups in total. The lowest BCUT2D eigenvalue weighted by Gasteiger charge is -2.17. The lowest BCUT2D eigenvalue weighted by Crippen LogP contribution is -2.21. The van der Waals surface area contributed by atoms with Gasteiger partial charge in [0, 0.05) is 6.04 Å². The van der Waals surface area contributed by atoms with Gasteiger partial charge in [0.15, 0.2) is 11.6 Å². The molecule has 0 heterocycles. The fourth-order valence-electron chi connectivity index (χ4n) is 1.72. The minimum absolute atomic E-state index is 0.223. The molecule has 0 aliphatic carbocycles. The molecule has 2 nitrogen and oxygen atoms in total. The summed E-state index contributed by atoms with van der Waals surface area (Å²) in [5.74, 6) is 0.00541. The van der Waals surface area contributed by atoms with Crippen molar-refractivity contribution < 1.29 is 9.13 Å². The standard InChI is InChI=1S/C13H20FNO/c1-4-8-15-12(5-2)10-6-7-13(16-3)11(14)9-10/h6-7,9,12,15H,4-5,8H2,1-3H3. The first-order valence-electron chi connectivity index (χ1n) is 5.79. The van der Waals surface area contributed by atoms with Gasteiger partial charge >= 0.3 is 0 Å². The van der Waals surface area contributed by atoms with Crippen LogP contribution in [0.15, 0.2) is 18.2 Å². The Balaban J connectivity index is 2.80. The predicted molar refractivity (Wildman–Crippen MR) is 64.3 cm³/mol. The highest BCUT2D eigenvalue weighted by molar-refractivity contribution is 5.31. The second kappa shape index (κ2) is 6.48. The van der Waals surface area contributed by atoms with Crippen molar-refractivity contribution >= 4 is 0 Å². The molecule has 0 amide bonds. The van der Waals surface area contributed by atoms with Crippen LogP contribution in [0.2, 0.25) is 0 Å².